The van der Waals surface area contributed by atoms with Gasteiger partial charge in [0.15, 0.2) is 0 Å². The summed E-state index contributed by atoms with van der Waals surface area (Å²) in [5, 5.41) is 0.565. The van der Waals surface area contributed by atoms with E-state index in [0.29, 0.717) is 22.2 Å². The van der Waals surface area contributed by atoms with E-state index in [1.54, 1.807) is 30.3 Å². The Morgan fingerprint density at radius 3 is 2.52 bits per heavy atom. The number of hydrogen-bond donors (Lipinski definition) is 2. The zero-order valence-corrected chi connectivity index (χ0v) is 13.5. The van der Waals surface area contributed by atoms with Gasteiger partial charge in [-0.05, 0) is 42.5 Å². The highest BCUT2D eigenvalue weighted by molar-refractivity contribution is 8.01. The standard InChI is InChI=1S/C14H15ClN2O2S2/c15-11-4-6-13(7-5-11)17-21(18,19)9-8-20-14-3-1-2-12(16)10-14/h1-7,10,17H,8-9,16H2. The van der Waals surface area contributed by atoms with Crippen LogP contribution in [0.1, 0.15) is 0 Å². The van der Waals surface area contributed by atoms with Crippen molar-refractivity contribution in [2.24, 2.45) is 0 Å². The van der Waals surface area contributed by atoms with Crippen LogP contribution in [0.2, 0.25) is 5.02 Å². The van der Waals surface area contributed by atoms with Gasteiger partial charge < -0.3 is 5.73 Å². The van der Waals surface area contributed by atoms with Crippen LogP contribution in [0.3, 0.4) is 0 Å². The van der Waals surface area contributed by atoms with Crippen molar-refractivity contribution in [1.82, 2.24) is 0 Å². The van der Waals surface area contributed by atoms with Crippen LogP contribution < -0.4 is 10.5 Å². The molecule has 3 N–H and O–H groups in total. The topological polar surface area (TPSA) is 72.2 Å². The predicted molar refractivity (Wildman–Crippen MR) is 90.4 cm³/mol. The third-order valence-corrected chi connectivity index (χ3v) is 5.39. The maximum atomic E-state index is 12.0. The van der Waals surface area contributed by atoms with Crippen LogP contribution in [-0.2, 0) is 10.0 Å². The summed E-state index contributed by atoms with van der Waals surface area (Å²) < 4.78 is 26.4. The molecule has 112 valence electrons. The average molecular weight is 343 g/mol. The van der Waals surface area contributed by atoms with Gasteiger partial charge in [0.05, 0.1) is 5.75 Å². The lowest BCUT2D eigenvalue weighted by Gasteiger charge is -2.08. The van der Waals surface area contributed by atoms with Crippen LogP contribution in [-0.4, -0.2) is 19.9 Å². The number of thioether (sulfide) groups is 1. The Hall–Kier alpha value is -1.37. The quantitative estimate of drug-likeness (QED) is 0.623. The highest BCUT2D eigenvalue weighted by atomic mass is 35.5. The third-order valence-electron chi connectivity index (χ3n) is 2.60. The van der Waals surface area contributed by atoms with Crippen molar-refractivity contribution in [2.75, 3.05) is 22.0 Å². The third kappa shape index (κ3) is 5.49. The van der Waals surface area contributed by atoms with Gasteiger partial charge in [-0.25, -0.2) is 8.42 Å². The van der Waals surface area contributed by atoms with Crippen molar-refractivity contribution >= 4 is 44.8 Å². The second-order valence-electron chi connectivity index (χ2n) is 4.35. The summed E-state index contributed by atoms with van der Waals surface area (Å²) >= 11 is 7.21. The molecule has 0 atom stereocenters. The molecule has 2 rings (SSSR count). The molecular weight excluding hydrogens is 328 g/mol. The number of nitrogen functional groups attached to an aromatic ring is 1. The van der Waals surface area contributed by atoms with Crippen LogP contribution in [0.5, 0.6) is 0 Å². The van der Waals surface area contributed by atoms with Gasteiger partial charge in [0.1, 0.15) is 0 Å². The molecular formula is C14H15ClN2O2S2. The van der Waals surface area contributed by atoms with Crippen molar-refractivity contribution in [3.8, 4) is 0 Å². The second-order valence-corrected chi connectivity index (χ2v) is 7.80. The Bertz CT molecular complexity index is 703. The minimum absolute atomic E-state index is 0.0229. The fourth-order valence-corrected chi connectivity index (χ4v) is 4.19. The van der Waals surface area contributed by atoms with Gasteiger partial charge in [0, 0.05) is 27.0 Å². The van der Waals surface area contributed by atoms with Gasteiger partial charge in [-0.3, -0.25) is 4.72 Å². The van der Waals surface area contributed by atoms with Crippen LogP contribution in [0.25, 0.3) is 0 Å². The maximum Gasteiger partial charge on any atom is 0.233 e. The summed E-state index contributed by atoms with van der Waals surface area (Å²) in [6.45, 7) is 0. The molecule has 21 heavy (non-hydrogen) atoms. The van der Waals surface area contributed by atoms with E-state index in [4.69, 9.17) is 17.3 Å². The van der Waals surface area contributed by atoms with Gasteiger partial charge in [-0.2, -0.15) is 0 Å². The zero-order valence-electron chi connectivity index (χ0n) is 11.1. The van der Waals surface area contributed by atoms with E-state index in [1.807, 2.05) is 18.2 Å². The molecule has 0 saturated heterocycles. The van der Waals surface area contributed by atoms with Gasteiger partial charge in [-0.15, -0.1) is 11.8 Å². The monoisotopic (exact) mass is 342 g/mol. The largest absolute Gasteiger partial charge is 0.399 e. The fraction of sp³-hybridized carbons (Fsp3) is 0.143. The fourth-order valence-electron chi connectivity index (χ4n) is 1.62. The number of hydrogen-bond acceptors (Lipinski definition) is 4. The summed E-state index contributed by atoms with van der Waals surface area (Å²) in [5.41, 5.74) is 6.85. The molecule has 0 fully saturated rings. The van der Waals surface area contributed by atoms with E-state index in [-0.39, 0.29) is 5.75 Å². The molecule has 0 aliphatic heterocycles. The van der Waals surface area contributed by atoms with Crippen LogP contribution in [0.4, 0.5) is 11.4 Å². The van der Waals surface area contributed by atoms with Gasteiger partial charge >= 0.3 is 0 Å². The molecule has 0 aliphatic rings. The Morgan fingerprint density at radius 1 is 1.14 bits per heavy atom. The molecule has 0 aliphatic carbocycles. The summed E-state index contributed by atoms with van der Waals surface area (Å²) in [6.07, 6.45) is 0. The first-order valence-corrected chi connectivity index (χ1v) is 9.21. The molecule has 0 amide bonds. The summed E-state index contributed by atoms with van der Waals surface area (Å²) in [6, 6.07) is 13.9. The van der Waals surface area contributed by atoms with Crippen LogP contribution in [0, 0.1) is 0 Å². The first-order valence-electron chi connectivity index (χ1n) is 6.19. The number of sulfonamides is 1. The van der Waals surface area contributed by atoms with Crippen LogP contribution in [0.15, 0.2) is 53.4 Å². The van der Waals surface area contributed by atoms with Gasteiger partial charge in [-0.1, -0.05) is 17.7 Å². The number of nitrogens with one attached hydrogen (secondary N) is 1. The highest BCUT2D eigenvalue weighted by Crippen LogP contribution is 2.21. The molecule has 0 spiro atoms. The number of benzene rings is 2. The zero-order chi connectivity index (χ0) is 15.3. The van der Waals surface area contributed by atoms with E-state index >= 15 is 0 Å². The maximum absolute atomic E-state index is 12.0. The second kappa shape index (κ2) is 7.06. The normalized spacial score (nSPS) is 11.3. The predicted octanol–water partition coefficient (Wildman–Crippen LogP) is 3.46. The number of halogens is 1. The summed E-state index contributed by atoms with van der Waals surface area (Å²) in [5.74, 6) is 0.474. The molecule has 0 bridgehead atoms. The highest BCUT2D eigenvalue weighted by Gasteiger charge is 2.10. The SMILES string of the molecule is Nc1cccc(SCCS(=O)(=O)Nc2ccc(Cl)cc2)c1. The molecule has 0 saturated carbocycles. The molecule has 0 heterocycles. The van der Waals surface area contributed by atoms with E-state index in [9.17, 15) is 8.42 Å². The summed E-state index contributed by atoms with van der Waals surface area (Å²) in [7, 11) is -3.37. The molecule has 7 heteroatoms. The molecule has 2 aromatic carbocycles. The molecule has 2 aromatic rings. The first kappa shape index (κ1) is 16.0. The molecule has 0 radical (unpaired) electrons. The lowest BCUT2D eigenvalue weighted by atomic mass is 10.3. The van der Waals surface area contributed by atoms with Crippen molar-refractivity contribution in [1.29, 1.82) is 0 Å². The molecule has 0 unspecified atom stereocenters. The lowest BCUT2D eigenvalue weighted by molar-refractivity contribution is 0.602. The molecule has 0 aromatic heterocycles. The van der Waals surface area contributed by atoms with Crippen molar-refractivity contribution < 1.29 is 8.42 Å². The van der Waals surface area contributed by atoms with Crippen LogP contribution >= 0.6 is 23.4 Å². The van der Waals surface area contributed by atoms with Crippen molar-refractivity contribution in [3.63, 3.8) is 0 Å². The van der Waals surface area contributed by atoms with Gasteiger partial charge in [0.2, 0.25) is 10.0 Å². The molecule has 4 nitrogen and oxygen atoms in total. The Kier molecular flexibility index (Phi) is 5.39. The lowest BCUT2D eigenvalue weighted by Crippen LogP contribution is -2.18. The number of anilines is 2. The van der Waals surface area contributed by atoms with E-state index in [2.05, 4.69) is 4.72 Å². The van der Waals surface area contributed by atoms with E-state index in [0.717, 1.165) is 4.90 Å². The number of nitrogens with two attached hydrogens (primary N) is 1. The van der Waals surface area contributed by atoms with E-state index in [1.165, 1.54) is 11.8 Å². The Morgan fingerprint density at radius 2 is 1.86 bits per heavy atom. The number of rotatable bonds is 6. The average Bonchev–Trinajstić information content (AvgIpc) is 2.41. The Labute approximate surface area is 133 Å². The Balaban J connectivity index is 1.88. The smallest absolute Gasteiger partial charge is 0.233 e. The summed E-state index contributed by atoms with van der Waals surface area (Å²) in [4.78, 5) is 0.955. The van der Waals surface area contributed by atoms with E-state index < -0.39 is 10.0 Å². The minimum atomic E-state index is -3.37. The minimum Gasteiger partial charge on any atom is -0.399 e. The first-order chi connectivity index (χ1) is 9.94. The van der Waals surface area contributed by atoms with Crippen molar-refractivity contribution in [3.05, 3.63) is 53.6 Å². The van der Waals surface area contributed by atoms with Gasteiger partial charge in [0.25, 0.3) is 0 Å². The van der Waals surface area contributed by atoms with Crippen molar-refractivity contribution in [2.45, 2.75) is 4.90 Å².